The monoisotopic (exact) mass is 418 g/mol. The van der Waals surface area contributed by atoms with Gasteiger partial charge in [0.25, 0.3) is 0 Å². The van der Waals surface area contributed by atoms with Crippen LogP contribution in [0.1, 0.15) is 12.5 Å². The fourth-order valence-corrected chi connectivity index (χ4v) is 3.12. The molecule has 1 aliphatic rings. The minimum absolute atomic E-state index is 0.0542. The molecule has 1 N–H and O–H groups in total. The molecule has 1 aromatic heterocycles. The third-order valence-corrected chi connectivity index (χ3v) is 4.71. The lowest BCUT2D eigenvalue weighted by Crippen LogP contribution is -2.55. The topological polar surface area (TPSA) is 65.8 Å². The Morgan fingerprint density at radius 1 is 1.31 bits per heavy atom. The Labute approximate surface area is 161 Å². The zero-order valence-electron chi connectivity index (χ0n) is 15.0. The summed E-state index contributed by atoms with van der Waals surface area (Å²) in [6, 6.07) is 8.10. The van der Waals surface area contributed by atoms with Crippen LogP contribution >= 0.6 is 15.9 Å². The number of aryl methyl sites for hydroxylation is 1. The van der Waals surface area contributed by atoms with E-state index in [1.54, 1.807) is 15.8 Å². The molecule has 0 aliphatic carbocycles. The number of halogens is 1. The van der Waals surface area contributed by atoms with Crippen LogP contribution in [0.2, 0.25) is 0 Å². The molecule has 1 aromatic carbocycles. The Morgan fingerprint density at radius 2 is 2.08 bits per heavy atom. The average molecular weight is 419 g/mol. The molecule has 0 atom stereocenters. The normalized spacial score (nSPS) is 15.5. The van der Waals surface area contributed by atoms with Crippen molar-refractivity contribution < 1.29 is 4.79 Å². The summed E-state index contributed by atoms with van der Waals surface area (Å²) in [5, 5.41) is 7.44. The molecule has 2 aromatic rings. The summed E-state index contributed by atoms with van der Waals surface area (Å²) >= 11 is 3.44. The number of piperazine rings is 1. The number of rotatable bonds is 4. The number of carbonyl (C=O) groups is 1. The van der Waals surface area contributed by atoms with E-state index in [-0.39, 0.29) is 5.91 Å². The molecule has 0 bridgehead atoms. The lowest BCUT2D eigenvalue weighted by molar-refractivity contribution is -0.120. The Bertz CT molecular complexity index is 785. The average Bonchev–Trinajstić information content (AvgIpc) is 3.06. The van der Waals surface area contributed by atoms with Crippen LogP contribution < -0.4 is 10.2 Å². The Morgan fingerprint density at radius 3 is 2.69 bits per heavy atom. The van der Waals surface area contributed by atoms with Crippen molar-refractivity contribution in [3.05, 3.63) is 46.7 Å². The standard InChI is InChI=1S/C18H23BrN6O/c1-3-20-18(21-10-14-4-6-15(19)7-5-14)24-8-9-25(17(26)13-24)16-11-22-23(2)12-16/h4-7,11-12H,3,8-10,13H2,1-2H3,(H,20,21). The Hall–Kier alpha value is -2.35. The Balaban J connectivity index is 1.68. The second-order valence-electron chi connectivity index (χ2n) is 6.14. The summed E-state index contributed by atoms with van der Waals surface area (Å²) in [7, 11) is 1.85. The van der Waals surface area contributed by atoms with Crippen molar-refractivity contribution in [1.29, 1.82) is 0 Å². The molecule has 7 nitrogen and oxygen atoms in total. The van der Waals surface area contributed by atoms with Crippen LogP contribution in [0.5, 0.6) is 0 Å². The van der Waals surface area contributed by atoms with Crippen molar-refractivity contribution in [1.82, 2.24) is 20.0 Å². The van der Waals surface area contributed by atoms with Gasteiger partial charge in [0.1, 0.15) is 6.54 Å². The van der Waals surface area contributed by atoms with Gasteiger partial charge in [-0.15, -0.1) is 0 Å². The SMILES string of the molecule is CCNC(=NCc1ccc(Br)cc1)N1CCN(c2cnn(C)c2)C(=O)C1. The van der Waals surface area contributed by atoms with E-state index in [2.05, 4.69) is 26.3 Å². The van der Waals surface area contributed by atoms with Gasteiger partial charge >= 0.3 is 0 Å². The zero-order chi connectivity index (χ0) is 18.5. The number of guanidine groups is 1. The molecule has 8 heteroatoms. The predicted octanol–water partition coefficient (Wildman–Crippen LogP) is 2.00. The summed E-state index contributed by atoms with van der Waals surface area (Å²) in [6.45, 7) is 5.02. The van der Waals surface area contributed by atoms with Crippen LogP contribution in [0.25, 0.3) is 0 Å². The van der Waals surface area contributed by atoms with E-state index in [4.69, 9.17) is 4.99 Å². The first-order valence-electron chi connectivity index (χ1n) is 8.63. The van der Waals surface area contributed by atoms with E-state index in [0.29, 0.717) is 19.6 Å². The number of hydrogen-bond donors (Lipinski definition) is 1. The molecular formula is C18H23BrN6O. The molecule has 3 rings (SSSR count). The summed E-state index contributed by atoms with van der Waals surface area (Å²) in [5.41, 5.74) is 1.97. The van der Waals surface area contributed by atoms with Crippen molar-refractivity contribution in [3.8, 4) is 0 Å². The van der Waals surface area contributed by atoms with E-state index >= 15 is 0 Å². The van der Waals surface area contributed by atoms with Gasteiger partial charge in [-0.25, -0.2) is 4.99 Å². The molecule has 0 saturated carbocycles. The number of carbonyl (C=O) groups excluding carboxylic acids is 1. The van der Waals surface area contributed by atoms with Gasteiger partial charge in [0.15, 0.2) is 5.96 Å². The van der Waals surface area contributed by atoms with Crippen LogP contribution in [-0.4, -0.2) is 52.7 Å². The van der Waals surface area contributed by atoms with E-state index in [9.17, 15) is 4.79 Å². The molecule has 1 saturated heterocycles. The molecular weight excluding hydrogens is 396 g/mol. The summed E-state index contributed by atoms with van der Waals surface area (Å²) in [6.07, 6.45) is 3.58. The minimum Gasteiger partial charge on any atom is -0.356 e. The van der Waals surface area contributed by atoms with Crippen molar-refractivity contribution >= 4 is 33.5 Å². The molecule has 26 heavy (non-hydrogen) atoms. The summed E-state index contributed by atoms with van der Waals surface area (Å²) in [4.78, 5) is 21.1. The highest BCUT2D eigenvalue weighted by Gasteiger charge is 2.27. The van der Waals surface area contributed by atoms with Crippen molar-refractivity contribution in [2.75, 3.05) is 31.1 Å². The highest BCUT2D eigenvalue weighted by atomic mass is 79.9. The lowest BCUT2D eigenvalue weighted by atomic mass is 10.2. The lowest BCUT2D eigenvalue weighted by Gasteiger charge is -2.35. The number of anilines is 1. The number of benzene rings is 1. The third kappa shape index (κ3) is 4.43. The molecule has 0 spiro atoms. The minimum atomic E-state index is 0.0542. The van der Waals surface area contributed by atoms with E-state index in [0.717, 1.165) is 34.8 Å². The predicted molar refractivity (Wildman–Crippen MR) is 106 cm³/mol. The first kappa shape index (κ1) is 18.4. The molecule has 1 aliphatic heterocycles. The molecule has 1 amide bonds. The second-order valence-corrected chi connectivity index (χ2v) is 7.05. The van der Waals surface area contributed by atoms with Crippen molar-refractivity contribution in [2.24, 2.45) is 12.0 Å². The van der Waals surface area contributed by atoms with Crippen LogP contribution in [0.3, 0.4) is 0 Å². The quantitative estimate of drug-likeness (QED) is 0.608. The van der Waals surface area contributed by atoms with Crippen LogP contribution in [0.4, 0.5) is 5.69 Å². The van der Waals surface area contributed by atoms with Gasteiger partial charge in [-0.2, -0.15) is 5.10 Å². The maximum absolute atomic E-state index is 12.6. The highest BCUT2D eigenvalue weighted by molar-refractivity contribution is 9.10. The van der Waals surface area contributed by atoms with Crippen LogP contribution in [0, 0.1) is 0 Å². The van der Waals surface area contributed by atoms with Gasteiger partial charge in [0, 0.05) is 37.4 Å². The largest absolute Gasteiger partial charge is 0.356 e. The van der Waals surface area contributed by atoms with Gasteiger partial charge in [-0.05, 0) is 24.6 Å². The van der Waals surface area contributed by atoms with Gasteiger partial charge < -0.3 is 15.1 Å². The second kappa shape index (κ2) is 8.35. The van der Waals surface area contributed by atoms with Crippen molar-refractivity contribution in [3.63, 3.8) is 0 Å². The van der Waals surface area contributed by atoms with Gasteiger partial charge in [0.2, 0.25) is 5.91 Å². The van der Waals surface area contributed by atoms with Crippen LogP contribution in [-0.2, 0) is 18.4 Å². The molecule has 0 radical (unpaired) electrons. The van der Waals surface area contributed by atoms with Crippen LogP contribution in [0.15, 0.2) is 46.1 Å². The first-order valence-corrected chi connectivity index (χ1v) is 9.43. The van der Waals surface area contributed by atoms with Gasteiger partial charge in [-0.1, -0.05) is 28.1 Å². The fourth-order valence-electron chi connectivity index (χ4n) is 2.86. The van der Waals surface area contributed by atoms with Gasteiger partial charge in [0.05, 0.1) is 18.4 Å². The number of amides is 1. The van der Waals surface area contributed by atoms with E-state index in [1.165, 1.54) is 0 Å². The number of hydrogen-bond acceptors (Lipinski definition) is 3. The molecule has 0 unspecified atom stereocenters. The number of nitrogens with one attached hydrogen (secondary N) is 1. The maximum Gasteiger partial charge on any atom is 0.246 e. The maximum atomic E-state index is 12.6. The summed E-state index contributed by atoms with van der Waals surface area (Å²) < 4.78 is 2.76. The van der Waals surface area contributed by atoms with Crippen molar-refractivity contribution in [2.45, 2.75) is 13.5 Å². The number of nitrogens with zero attached hydrogens (tertiary/aromatic N) is 5. The van der Waals surface area contributed by atoms with E-state index < -0.39 is 0 Å². The Kier molecular flexibility index (Phi) is 5.92. The highest BCUT2D eigenvalue weighted by Crippen LogP contribution is 2.16. The fraction of sp³-hybridized carbons (Fsp3) is 0.389. The molecule has 138 valence electrons. The van der Waals surface area contributed by atoms with E-state index in [1.807, 2.05) is 49.3 Å². The zero-order valence-corrected chi connectivity index (χ0v) is 16.6. The molecule has 1 fully saturated rings. The number of aliphatic imine (C=N–C) groups is 1. The smallest absolute Gasteiger partial charge is 0.246 e. The molecule has 2 heterocycles. The summed E-state index contributed by atoms with van der Waals surface area (Å²) in [5.74, 6) is 0.827. The first-order chi connectivity index (χ1) is 12.6. The number of aromatic nitrogens is 2. The third-order valence-electron chi connectivity index (χ3n) is 4.18. The van der Waals surface area contributed by atoms with Gasteiger partial charge in [-0.3, -0.25) is 9.48 Å².